The third-order valence-electron chi connectivity index (χ3n) is 2.82. The van der Waals surface area contributed by atoms with Gasteiger partial charge in [-0.2, -0.15) is 0 Å². The van der Waals surface area contributed by atoms with Crippen molar-refractivity contribution in [3.05, 3.63) is 0 Å². The van der Waals surface area contributed by atoms with Gasteiger partial charge in [0.2, 0.25) is 0 Å². The Kier molecular flexibility index (Phi) is 6.98. The average Bonchev–Trinajstić information content (AvgIpc) is 2.16. The average molecular weight is 221 g/mol. The molecule has 0 aromatic heterocycles. The Balaban J connectivity index is 4.14. The Morgan fingerprint density at radius 2 is 1.79 bits per heavy atom. The van der Waals surface area contributed by atoms with Crippen molar-refractivity contribution in [1.29, 1.82) is 0 Å². The van der Waals surface area contributed by atoms with Crippen LogP contribution in [-0.4, -0.2) is 11.0 Å². The Morgan fingerprint density at radius 3 is 2.14 bits per heavy atom. The zero-order chi connectivity index (χ0) is 11.0. The van der Waals surface area contributed by atoms with E-state index in [4.69, 9.17) is 16.3 Å². The Morgan fingerprint density at radius 1 is 1.21 bits per heavy atom. The first-order chi connectivity index (χ1) is 6.60. The molecular formula is C11H21ClO2. The fraction of sp³-hybridized carbons (Fsp3) is 0.909. The summed E-state index contributed by atoms with van der Waals surface area (Å²) in [6.45, 7) is 6.23. The predicted molar refractivity (Wildman–Crippen MR) is 59.8 cm³/mol. The van der Waals surface area contributed by atoms with Crippen molar-refractivity contribution in [2.24, 2.45) is 0 Å². The van der Waals surface area contributed by atoms with Crippen LogP contribution < -0.4 is 0 Å². The number of hydrogen-bond acceptors (Lipinski definition) is 2. The maximum atomic E-state index is 10.8. The zero-order valence-corrected chi connectivity index (χ0v) is 10.2. The first-order valence-corrected chi connectivity index (χ1v) is 5.86. The highest BCUT2D eigenvalue weighted by Gasteiger charge is 2.29. The molecule has 84 valence electrons. The van der Waals surface area contributed by atoms with Gasteiger partial charge in [0.05, 0.1) is 0 Å². The summed E-state index contributed by atoms with van der Waals surface area (Å²) < 4.78 is 5.21. The monoisotopic (exact) mass is 220 g/mol. The van der Waals surface area contributed by atoms with Crippen LogP contribution in [-0.2, 0) is 4.74 Å². The molecule has 0 fully saturated rings. The molecule has 0 aromatic rings. The van der Waals surface area contributed by atoms with Crippen molar-refractivity contribution in [2.75, 3.05) is 0 Å². The lowest BCUT2D eigenvalue weighted by Crippen LogP contribution is -2.32. The van der Waals surface area contributed by atoms with E-state index in [0.29, 0.717) is 0 Å². The minimum absolute atomic E-state index is 0.325. The van der Waals surface area contributed by atoms with E-state index in [1.54, 1.807) is 0 Å². The number of carbonyl (C=O) groups excluding carboxylic acids is 1. The summed E-state index contributed by atoms with van der Waals surface area (Å²) in [4.78, 5) is 10.8. The lowest BCUT2D eigenvalue weighted by atomic mass is 9.90. The Hall–Kier alpha value is -0.240. The van der Waals surface area contributed by atoms with Gasteiger partial charge in [-0.1, -0.05) is 33.6 Å². The number of unbranched alkanes of at least 4 members (excludes halogenated alkanes) is 2. The van der Waals surface area contributed by atoms with E-state index in [2.05, 4.69) is 6.92 Å². The first kappa shape index (κ1) is 13.8. The van der Waals surface area contributed by atoms with E-state index < -0.39 is 5.43 Å². The molecule has 0 aliphatic heterocycles. The van der Waals surface area contributed by atoms with E-state index >= 15 is 0 Å². The molecule has 14 heavy (non-hydrogen) atoms. The molecule has 3 heteroatoms. The molecular weight excluding hydrogens is 200 g/mol. The van der Waals surface area contributed by atoms with Crippen molar-refractivity contribution in [2.45, 2.75) is 64.9 Å². The van der Waals surface area contributed by atoms with Crippen molar-refractivity contribution in [1.82, 2.24) is 0 Å². The molecule has 0 atom stereocenters. The fourth-order valence-electron chi connectivity index (χ4n) is 1.67. The smallest absolute Gasteiger partial charge is 0.404 e. The molecule has 0 saturated carbocycles. The molecule has 0 unspecified atom stereocenters. The highest BCUT2D eigenvalue weighted by atomic mass is 35.5. The molecule has 0 saturated heterocycles. The van der Waals surface area contributed by atoms with Gasteiger partial charge < -0.3 is 4.74 Å². The van der Waals surface area contributed by atoms with Crippen molar-refractivity contribution in [3.63, 3.8) is 0 Å². The first-order valence-electron chi connectivity index (χ1n) is 5.48. The van der Waals surface area contributed by atoms with E-state index in [0.717, 1.165) is 25.7 Å². The van der Waals surface area contributed by atoms with Crippen molar-refractivity contribution < 1.29 is 9.53 Å². The summed E-state index contributed by atoms with van der Waals surface area (Å²) in [5.41, 5.74) is -1.00. The summed E-state index contributed by atoms with van der Waals surface area (Å²) in [7, 11) is 0. The predicted octanol–water partition coefficient (Wildman–Crippen LogP) is 4.50. The fourth-order valence-corrected chi connectivity index (χ4v) is 1.83. The summed E-state index contributed by atoms with van der Waals surface area (Å²) in [5, 5.41) is 0. The largest absolute Gasteiger partial charge is 0.447 e. The van der Waals surface area contributed by atoms with E-state index in [1.165, 1.54) is 12.8 Å². The molecule has 0 heterocycles. The molecule has 0 aliphatic carbocycles. The Labute approximate surface area is 92.0 Å². The summed E-state index contributed by atoms with van der Waals surface area (Å²) in [5.74, 6) is 0. The summed E-state index contributed by atoms with van der Waals surface area (Å²) in [6.07, 6.45) is 6.06. The van der Waals surface area contributed by atoms with E-state index in [1.807, 2.05) is 13.8 Å². The van der Waals surface area contributed by atoms with Gasteiger partial charge >= 0.3 is 5.43 Å². The standard InChI is InChI=1S/C11H21ClO2/c1-4-7-8-9-11(5-2,6-3)14-10(12)13/h4-9H2,1-3H3. The minimum Gasteiger partial charge on any atom is -0.447 e. The lowest BCUT2D eigenvalue weighted by molar-refractivity contribution is 0.0107. The lowest BCUT2D eigenvalue weighted by Gasteiger charge is -2.30. The van der Waals surface area contributed by atoms with Crippen LogP contribution in [0, 0.1) is 0 Å². The molecule has 0 spiro atoms. The zero-order valence-electron chi connectivity index (χ0n) is 9.44. The van der Waals surface area contributed by atoms with Crippen LogP contribution >= 0.6 is 11.6 Å². The molecule has 0 bridgehead atoms. The van der Waals surface area contributed by atoms with Gasteiger partial charge in [-0.3, -0.25) is 0 Å². The van der Waals surface area contributed by atoms with Crippen LogP contribution in [0.2, 0.25) is 0 Å². The molecule has 0 N–H and O–H groups in total. The maximum absolute atomic E-state index is 10.8. The van der Waals surface area contributed by atoms with Crippen LogP contribution in [0.4, 0.5) is 4.79 Å². The highest BCUT2D eigenvalue weighted by Crippen LogP contribution is 2.28. The van der Waals surface area contributed by atoms with E-state index in [-0.39, 0.29) is 5.60 Å². The highest BCUT2D eigenvalue weighted by molar-refractivity contribution is 6.61. The molecule has 0 radical (unpaired) electrons. The normalized spacial score (nSPS) is 11.4. The molecule has 0 aliphatic rings. The van der Waals surface area contributed by atoms with Crippen LogP contribution in [0.25, 0.3) is 0 Å². The Bertz CT molecular complexity index is 165. The molecule has 2 nitrogen and oxygen atoms in total. The number of rotatable bonds is 7. The SMILES string of the molecule is CCCCCC(CC)(CC)OC(=O)Cl. The maximum Gasteiger partial charge on any atom is 0.404 e. The van der Waals surface area contributed by atoms with Gasteiger partial charge in [0.1, 0.15) is 5.60 Å². The van der Waals surface area contributed by atoms with Gasteiger partial charge in [-0.05, 0) is 25.7 Å². The molecule has 0 amide bonds. The van der Waals surface area contributed by atoms with Gasteiger partial charge in [-0.25, -0.2) is 4.79 Å². The second-order valence-electron chi connectivity index (χ2n) is 3.69. The van der Waals surface area contributed by atoms with Crippen molar-refractivity contribution in [3.8, 4) is 0 Å². The van der Waals surface area contributed by atoms with E-state index in [9.17, 15) is 4.79 Å². The topological polar surface area (TPSA) is 26.3 Å². The third-order valence-corrected chi connectivity index (χ3v) is 2.90. The number of hydrogen-bond donors (Lipinski definition) is 0. The van der Waals surface area contributed by atoms with Crippen LogP contribution in [0.15, 0.2) is 0 Å². The third kappa shape index (κ3) is 4.85. The number of carbonyl (C=O) groups is 1. The summed E-state index contributed by atoms with van der Waals surface area (Å²) in [6, 6.07) is 0. The van der Waals surface area contributed by atoms with Gasteiger partial charge in [0.25, 0.3) is 0 Å². The summed E-state index contributed by atoms with van der Waals surface area (Å²) >= 11 is 5.27. The van der Waals surface area contributed by atoms with Crippen LogP contribution in [0.1, 0.15) is 59.3 Å². The van der Waals surface area contributed by atoms with Gasteiger partial charge in [0.15, 0.2) is 0 Å². The number of ether oxygens (including phenoxy) is 1. The molecule has 0 aromatic carbocycles. The quantitative estimate of drug-likeness (QED) is 0.467. The second-order valence-corrected chi connectivity index (χ2v) is 4.00. The van der Waals surface area contributed by atoms with Crippen LogP contribution in [0.5, 0.6) is 0 Å². The second kappa shape index (κ2) is 7.10. The van der Waals surface area contributed by atoms with Crippen LogP contribution in [0.3, 0.4) is 0 Å². The minimum atomic E-state index is -0.676. The van der Waals surface area contributed by atoms with Gasteiger partial charge in [-0.15, -0.1) is 0 Å². The number of halogens is 1. The van der Waals surface area contributed by atoms with Crippen molar-refractivity contribution >= 4 is 17.0 Å². The van der Waals surface area contributed by atoms with Gasteiger partial charge in [0, 0.05) is 11.6 Å². The molecule has 0 rings (SSSR count).